The molecule has 100 valence electrons. The fraction of sp³-hybridized carbons (Fsp3) is 0.833. The molecular weight excluding hydrogens is 222 g/mol. The molecule has 0 aliphatic rings. The second-order valence-electron chi connectivity index (χ2n) is 5.32. The number of aliphatic hydroxyl groups excluding tert-OH is 1. The Kier molecular flexibility index (Phi) is 6.16. The fourth-order valence-electron chi connectivity index (χ4n) is 1.42. The zero-order valence-corrected chi connectivity index (χ0v) is 11.1. The van der Waals surface area contributed by atoms with Gasteiger partial charge in [0, 0.05) is 25.1 Å². The summed E-state index contributed by atoms with van der Waals surface area (Å²) in [6.07, 6.45) is 0.466. The van der Waals surface area contributed by atoms with Crippen molar-refractivity contribution in [3.05, 3.63) is 0 Å². The van der Waals surface area contributed by atoms with Crippen LogP contribution in [-0.2, 0) is 9.59 Å². The first-order valence-corrected chi connectivity index (χ1v) is 5.83. The van der Waals surface area contributed by atoms with Gasteiger partial charge in [-0.15, -0.1) is 0 Å². The summed E-state index contributed by atoms with van der Waals surface area (Å²) in [6, 6.07) is 0. The molecule has 0 aromatic carbocycles. The SMILES string of the molecule is CC(CN(CCCO)C(=O)C(C)(C)C)C(=O)O. The predicted molar refractivity (Wildman–Crippen MR) is 64.5 cm³/mol. The van der Waals surface area contributed by atoms with E-state index >= 15 is 0 Å². The van der Waals surface area contributed by atoms with Crippen LogP contribution in [0.1, 0.15) is 34.1 Å². The lowest BCUT2D eigenvalue weighted by molar-refractivity contribution is -0.145. The first kappa shape index (κ1) is 15.9. The van der Waals surface area contributed by atoms with Crippen molar-refractivity contribution in [3.8, 4) is 0 Å². The Morgan fingerprint density at radius 3 is 2.18 bits per heavy atom. The number of carbonyl (C=O) groups excluding carboxylic acids is 1. The Morgan fingerprint density at radius 1 is 1.29 bits per heavy atom. The number of rotatable bonds is 6. The summed E-state index contributed by atoms with van der Waals surface area (Å²) in [6.45, 7) is 7.54. The molecule has 0 spiro atoms. The molecule has 2 N–H and O–H groups in total. The predicted octanol–water partition coefficient (Wildman–Crippen LogP) is 0.964. The van der Waals surface area contributed by atoms with Crippen molar-refractivity contribution in [2.75, 3.05) is 19.7 Å². The first-order valence-electron chi connectivity index (χ1n) is 5.83. The van der Waals surface area contributed by atoms with Crippen LogP contribution < -0.4 is 0 Å². The van der Waals surface area contributed by atoms with E-state index in [1.165, 1.54) is 4.90 Å². The molecule has 5 nitrogen and oxygen atoms in total. The molecule has 0 aromatic heterocycles. The summed E-state index contributed by atoms with van der Waals surface area (Å²) in [5, 5.41) is 17.6. The Balaban J connectivity index is 4.64. The zero-order valence-electron chi connectivity index (χ0n) is 11.1. The maximum Gasteiger partial charge on any atom is 0.308 e. The van der Waals surface area contributed by atoms with Crippen LogP contribution in [-0.4, -0.2) is 46.7 Å². The van der Waals surface area contributed by atoms with E-state index in [2.05, 4.69) is 0 Å². The standard InChI is InChI=1S/C12H23NO4/c1-9(10(15)16)8-13(6-5-7-14)11(17)12(2,3)4/h9,14H,5-8H2,1-4H3,(H,15,16). The number of aliphatic hydroxyl groups is 1. The Morgan fingerprint density at radius 2 is 1.82 bits per heavy atom. The maximum atomic E-state index is 12.1. The minimum atomic E-state index is -0.916. The van der Waals surface area contributed by atoms with Crippen LogP contribution in [0, 0.1) is 11.3 Å². The van der Waals surface area contributed by atoms with Gasteiger partial charge in [0.2, 0.25) is 5.91 Å². The van der Waals surface area contributed by atoms with Crippen LogP contribution in [0.5, 0.6) is 0 Å². The molecule has 0 rings (SSSR count). The number of amides is 1. The smallest absolute Gasteiger partial charge is 0.308 e. The lowest BCUT2D eigenvalue weighted by Gasteiger charge is -2.30. The number of carboxylic acid groups (broad SMARTS) is 1. The van der Waals surface area contributed by atoms with Crippen LogP contribution in [0.3, 0.4) is 0 Å². The number of hydrogen-bond donors (Lipinski definition) is 2. The maximum absolute atomic E-state index is 12.1. The first-order chi connectivity index (χ1) is 7.70. The molecule has 1 amide bonds. The van der Waals surface area contributed by atoms with Crippen LogP contribution in [0.4, 0.5) is 0 Å². The van der Waals surface area contributed by atoms with E-state index in [1.807, 2.05) is 0 Å². The highest BCUT2D eigenvalue weighted by Gasteiger charge is 2.29. The molecule has 17 heavy (non-hydrogen) atoms. The van der Waals surface area contributed by atoms with Gasteiger partial charge in [0.1, 0.15) is 0 Å². The van der Waals surface area contributed by atoms with Crippen LogP contribution in [0.25, 0.3) is 0 Å². The number of nitrogens with zero attached hydrogens (tertiary/aromatic N) is 1. The van der Waals surface area contributed by atoms with Crippen LogP contribution >= 0.6 is 0 Å². The summed E-state index contributed by atoms with van der Waals surface area (Å²) in [5.74, 6) is -1.60. The molecule has 5 heteroatoms. The molecule has 1 atom stereocenters. The van der Waals surface area contributed by atoms with Crippen LogP contribution in [0.2, 0.25) is 0 Å². The monoisotopic (exact) mass is 245 g/mol. The van der Waals surface area contributed by atoms with Crippen molar-refractivity contribution in [2.24, 2.45) is 11.3 Å². The molecule has 0 aromatic rings. The fourth-order valence-corrected chi connectivity index (χ4v) is 1.42. The molecule has 0 saturated carbocycles. The largest absolute Gasteiger partial charge is 0.481 e. The quantitative estimate of drug-likeness (QED) is 0.730. The van der Waals surface area contributed by atoms with E-state index in [0.717, 1.165) is 0 Å². The van der Waals surface area contributed by atoms with E-state index in [9.17, 15) is 9.59 Å². The van der Waals surface area contributed by atoms with Gasteiger partial charge in [-0.1, -0.05) is 27.7 Å². The van der Waals surface area contributed by atoms with Gasteiger partial charge in [0.15, 0.2) is 0 Å². The van der Waals surface area contributed by atoms with E-state index in [4.69, 9.17) is 10.2 Å². The lowest BCUT2D eigenvalue weighted by atomic mass is 9.94. The number of aliphatic carboxylic acids is 1. The summed E-state index contributed by atoms with van der Waals surface area (Å²) in [7, 11) is 0. The van der Waals surface area contributed by atoms with Gasteiger partial charge < -0.3 is 15.1 Å². The Hall–Kier alpha value is -1.10. The highest BCUT2D eigenvalue weighted by Crippen LogP contribution is 2.18. The molecular formula is C12H23NO4. The molecule has 1 unspecified atom stereocenters. The zero-order chi connectivity index (χ0) is 13.6. The van der Waals surface area contributed by atoms with Crippen molar-refractivity contribution in [2.45, 2.75) is 34.1 Å². The van der Waals surface area contributed by atoms with E-state index < -0.39 is 17.3 Å². The van der Waals surface area contributed by atoms with Gasteiger partial charge in [-0.3, -0.25) is 9.59 Å². The number of hydrogen-bond acceptors (Lipinski definition) is 3. The summed E-state index contributed by atoms with van der Waals surface area (Å²) < 4.78 is 0. The van der Waals surface area contributed by atoms with Gasteiger partial charge in [0.25, 0.3) is 0 Å². The summed E-state index contributed by atoms with van der Waals surface area (Å²) in [4.78, 5) is 24.4. The second kappa shape index (κ2) is 6.59. The second-order valence-corrected chi connectivity index (χ2v) is 5.32. The van der Waals surface area contributed by atoms with E-state index in [0.29, 0.717) is 13.0 Å². The highest BCUT2D eigenvalue weighted by atomic mass is 16.4. The summed E-state index contributed by atoms with van der Waals surface area (Å²) in [5.41, 5.74) is -0.534. The number of carbonyl (C=O) groups is 2. The Bertz CT molecular complexity index is 270. The molecule has 0 heterocycles. The van der Waals surface area contributed by atoms with Crippen molar-refractivity contribution in [1.29, 1.82) is 0 Å². The van der Waals surface area contributed by atoms with Crippen molar-refractivity contribution in [1.82, 2.24) is 4.90 Å². The van der Waals surface area contributed by atoms with Gasteiger partial charge in [0.05, 0.1) is 5.92 Å². The van der Waals surface area contributed by atoms with Gasteiger partial charge in [-0.05, 0) is 6.42 Å². The van der Waals surface area contributed by atoms with Gasteiger partial charge in [-0.2, -0.15) is 0 Å². The van der Waals surface area contributed by atoms with Gasteiger partial charge >= 0.3 is 5.97 Å². The third-order valence-corrected chi connectivity index (χ3v) is 2.43. The minimum absolute atomic E-state index is 0.00459. The molecule has 0 radical (unpaired) electrons. The average molecular weight is 245 g/mol. The molecule has 0 saturated heterocycles. The topological polar surface area (TPSA) is 77.8 Å². The third kappa shape index (κ3) is 5.68. The highest BCUT2D eigenvalue weighted by molar-refractivity contribution is 5.82. The molecule has 0 fully saturated rings. The number of carboxylic acids is 1. The summed E-state index contributed by atoms with van der Waals surface area (Å²) >= 11 is 0. The van der Waals surface area contributed by atoms with E-state index in [-0.39, 0.29) is 19.1 Å². The Labute approximate surface area is 102 Å². The van der Waals surface area contributed by atoms with E-state index in [1.54, 1.807) is 27.7 Å². The molecule has 0 bridgehead atoms. The average Bonchev–Trinajstić information content (AvgIpc) is 2.21. The van der Waals surface area contributed by atoms with Crippen molar-refractivity contribution >= 4 is 11.9 Å². The van der Waals surface area contributed by atoms with Crippen molar-refractivity contribution in [3.63, 3.8) is 0 Å². The molecule has 0 aliphatic heterocycles. The lowest BCUT2D eigenvalue weighted by Crippen LogP contribution is -2.43. The molecule has 0 aliphatic carbocycles. The van der Waals surface area contributed by atoms with Gasteiger partial charge in [-0.25, -0.2) is 0 Å². The van der Waals surface area contributed by atoms with Crippen molar-refractivity contribution < 1.29 is 19.8 Å². The normalized spacial score (nSPS) is 13.2. The van der Waals surface area contributed by atoms with Crippen LogP contribution in [0.15, 0.2) is 0 Å². The third-order valence-electron chi connectivity index (χ3n) is 2.43. The minimum Gasteiger partial charge on any atom is -0.481 e.